The molecule has 3 rings (SSSR count). The molecular formula is C15H22N4O2. The number of fused-ring (bicyclic) bond motifs is 1. The number of aromatic nitrogens is 2. The van der Waals surface area contributed by atoms with Crippen LogP contribution in [0.3, 0.4) is 0 Å². The van der Waals surface area contributed by atoms with Gasteiger partial charge in [0.25, 0.3) is 0 Å². The largest absolute Gasteiger partial charge is 0.335 e. The molecule has 6 nitrogen and oxygen atoms in total. The Bertz CT molecular complexity index is 554. The molecule has 0 bridgehead atoms. The van der Waals surface area contributed by atoms with Crippen molar-refractivity contribution in [2.45, 2.75) is 51.7 Å². The third kappa shape index (κ3) is 2.43. The van der Waals surface area contributed by atoms with Crippen LogP contribution in [-0.2, 0) is 16.1 Å². The number of rotatable bonds is 4. The molecule has 2 fully saturated rings. The SMILES string of the molecule is Cc1nccn1CCCN1C(=O)[C@@H]2CCCN2C(=O)[C@@H]1C. The van der Waals surface area contributed by atoms with Crippen LogP contribution < -0.4 is 0 Å². The first-order valence-electron chi connectivity index (χ1n) is 7.68. The summed E-state index contributed by atoms with van der Waals surface area (Å²) in [4.78, 5) is 32.6. The molecule has 2 aliphatic heterocycles. The van der Waals surface area contributed by atoms with Crippen LogP contribution in [0.1, 0.15) is 32.0 Å². The molecule has 0 N–H and O–H groups in total. The molecule has 2 atom stereocenters. The highest BCUT2D eigenvalue weighted by Crippen LogP contribution is 2.26. The van der Waals surface area contributed by atoms with Crippen LogP contribution in [0.25, 0.3) is 0 Å². The third-order valence-corrected chi connectivity index (χ3v) is 4.65. The maximum absolute atomic E-state index is 12.5. The molecule has 1 aromatic heterocycles. The molecule has 6 heteroatoms. The van der Waals surface area contributed by atoms with Crippen molar-refractivity contribution in [2.75, 3.05) is 13.1 Å². The van der Waals surface area contributed by atoms with E-state index in [-0.39, 0.29) is 23.9 Å². The molecule has 0 saturated carbocycles. The van der Waals surface area contributed by atoms with Crippen molar-refractivity contribution in [3.05, 3.63) is 18.2 Å². The second-order valence-corrected chi connectivity index (χ2v) is 5.92. The minimum absolute atomic E-state index is 0.107. The Morgan fingerprint density at radius 1 is 1.29 bits per heavy atom. The normalized spacial score (nSPS) is 25.6. The van der Waals surface area contributed by atoms with Gasteiger partial charge in [0.05, 0.1) is 0 Å². The molecule has 0 spiro atoms. The zero-order valence-electron chi connectivity index (χ0n) is 12.7. The van der Waals surface area contributed by atoms with Crippen molar-refractivity contribution in [1.82, 2.24) is 19.4 Å². The van der Waals surface area contributed by atoms with Crippen LogP contribution in [0.2, 0.25) is 0 Å². The smallest absolute Gasteiger partial charge is 0.246 e. The van der Waals surface area contributed by atoms with Gasteiger partial charge in [-0.15, -0.1) is 0 Å². The highest BCUT2D eigenvalue weighted by atomic mass is 16.2. The number of amides is 2. The summed E-state index contributed by atoms with van der Waals surface area (Å²) in [5.41, 5.74) is 0. The monoisotopic (exact) mass is 290 g/mol. The fourth-order valence-corrected chi connectivity index (χ4v) is 3.40. The summed E-state index contributed by atoms with van der Waals surface area (Å²) in [5.74, 6) is 1.21. The summed E-state index contributed by atoms with van der Waals surface area (Å²) >= 11 is 0. The van der Waals surface area contributed by atoms with Gasteiger partial charge in [0.1, 0.15) is 17.9 Å². The number of piperazine rings is 1. The minimum Gasteiger partial charge on any atom is -0.335 e. The van der Waals surface area contributed by atoms with E-state index in [0.29, 0.717) is 6.54 Å². The molecular weight excluding hydrogens is 268 g/mol. The summed E-state index contributed by atoms with van der Waals surface area (Å²) in [6, 6.07) is -0.528. The predicted molar refractivity (Wildman–Crippen MR) is 77.5 cm³/mol. The lowest BCUT2D eigenvalue weighted by Gasteiger charge is -2.41. The molecule has 0 aromatic carbocycles. The molecule has 3 heterocycles. The van der Waals surface area contributed by atoms with Gasteiger partial charge in [0, 0.05) is 32.0 Å². The fourth-order valence-electron chi connectivity index (χ4n) is 3.40. The molecule has 2 aliphatic rings. The molecule has 0 radical (unpaired) electrons. The zero-order valence-corrected chi connectivity index (χ0v) is 12.7. The van der Waals surface area contributed by atoms with E-state index < -0.39 is 0 Å². The van der Waals surface area contributed by atoms with Crippen molar-refractivity contribution in [3.63, 3.8) is 0 Å². The Morgan fingerprint density at radius 2 is 2.10 bits per heavy atom. The average molecular weight is 290 g/mol. The van der Waals surface area contributed by atoms with Crippen LogP contribution in [-0.4, -0.2) is 56.3 Å². The highest BCUT2D eigenvalue weighted by molar-refractivity contribution is 5.97. The number of hydrogen-bond donors (Lipinski definition) is 0. The van der Waals surface area contributed by atoms with E-state index in [0.717, 1.165) is 38.2 Å². The zero-order chi connectivity index (χ0) is 15.0. The lowest BCUT2D eigenvalue weighted by molar-refractivity contribution is -0.158. The maximum Gasteiger partial charge on any atom is 0.246 e. The first-order valence-corrected chi connectivity index (χ1v) is 7.68. The van der Waals surface area contributed by atoms with Crippen LogP contribution in [0.4, 0.5) is 0 Å². The van der Waals surface area contributed by atoms with E-state index in [4.69, 9.17) is 0 Å². The van der Waals surface area contributed by atoms with Gasteiger partial charge in [-0.25, -0.2) is 4.98 Å². The summed E-state index contributed by atoms with van der Waals surface area (Å²) < 4.78 is 2.07. The van der Waals surface area contributed by atoms with Crippen LogP contribution in [0, 0.1) is 6.92 Å². The molecule has 114 valence electrons. The number of imidazole rings is 1. The Hall–Kier alpha value is -1.85. The van der Waals surface area contributed by atoms with Crippen LogP contribution in [0.15, 0.2) is 12.4 Å². The summed E-state index contributed by atoms with van der Waals surface area (Å²) in [7, 11) is 0. The molecule has 1 aromatic rings. The lowest BCUT2D eigenvalue weighted by atomic mass is 10.1. The molecule has 0 unspecified atom stereocenters. The molecule has 0 aliphatic carbocycles. The van der Waals surface area contributed by atoms with Gasteiger partial charge in [0.2, 0.25) is 11.8 Å². The Labute approximate surface area is 124 Å². The highest BCUT2D eigenvalue weighted by Gasteiger charge is 2.45. The molecule has 21 heavy (non-hydrogen) atoms. The maximum atomic E-state index is 12.5. The van der Waals surface area contributed by atoms with Crippen molar-refractivity contribution < 1.29 is 9.59 Å². The number of carbonyl (C=O) groups is 2. The first-order chi connectivity index (χ1) is 10.1. The second-order valence-electron chi connectivity index (χ2n) is 5.92. The third-order valence-electron chi connectivity index (χ3n) is 4.65. The van der Waals surface area contributed by atoms with Gasteiger partial charge in [-0.3, -0.25) is 9.59 Å². The van der Waals surface area contributed by atoms with Gasteiger partial charge in [-0.1, -0.05) is 0 Å². The van der Waals surface area contributed by atoms with E-state index in [2.05, 4.69) is 9.55 Å². The number of nitrogens with zero attached hydrogens (tertiary/aromatic N) is 4. The summed E-state index contributed by atoms with van der Waals surface area (Å²) in [6.07, 6.45) is 6.32. The Kier molecular flexibility index (Phi) is 3.69. The minimum atomic E-state index is -0.323. The summed E-state index contributed by atoms with van der Waals surface area (Å²) in [6.45, 7) is 6.01. The summed E-state index contributed by atoms with van der Waals surface area (Å²) in [5, 5.41) is 0. The average Bonchev–Trinajstić information content (AvgIpc) is 3.10. The topological polar surface area (TPSA) is 58.4 Å². The van der Waals surface area contributed by atoms with Gasteiger partial charge < -0.3 is 14.4 Å². The fraction of sp³-hybridized carbons (Fsp3) is 0.667. The van der Waals surface area contributed by atoms with Crippen molar-refractivity contribution >= 4 is 11.8 Å². The van der Waals surface area contributed by atoms with Gasteiger partial charge in [-0.05, 0) is 33.1 Å². The van der Waals surface area contributed by atoms with Gasteiger partial charge in [-0.2, -0.15) is 0 Å². The van der Waals surface area contributed by atoms with Crippen LogP contribution in [0.5, 0.6) is 0 Å². The second kappa shape index (κ2) is 5.50. The standard InChI is InChI=1S/C15H22N4O2/c1-11-14(20)19-8-3-5-13(19)15(21)18(11)9-4-7-17-10-6-16-12(17)2/h6,10-11,13H,3-5,7-9H2,1-2H3/t11-,13-/m0/s1. The van der Waals surface area contributed by atoms with Crippen LogP contribution >= 0.6 is 0 Å². The van der Waals surface area contributed by atoms with Crippen molar-refractivity contribution in [2.24, 2.45) is 0 Å². The number of aryl methyl sites for hydroxylation is 2. The molecule has 2 saturated heterocycles. The number of carbonyl (C=O) groups excluding carboxylic acids is 2. The van der Waals surface area contributed by atoms with E-state index >= 15 is 0 Å². The Balaban J connectivity index is 1.63. The quantitative estimate of drug-likeness (QED) is 0.824. The van der Waals surface area contributed by atoms with Crippen molar-refractivity contribution in [3.8, 4) is 0 Å². The van der Waals surface area contributed by atoms with Gasteiger partial charge >= 0.3 is 0 Å². The first kappa shape index (κ1) is 14.1. The Morgan fingerprint density at radius 3 is 2.81 bits per heavy atom. The van der Waals surface area contributed by atoms with E-state index in [1.807, 2.05) is 20.0 Å². The van der Waals surface area contributed by atoms with Gasteiger partial charge in [0.15, 0.2) is 0 Å². The van der Waals surface area contributed by atoms with E-state index in [1.165, 1.54) is 0 Å². The molecule has 2 amide bonds. The number of hydrogen-bond acceptors (Lipinski definition) is 3. The van der Waals surface area contributed by atoms with E-state index in [1.54, 1.807) is 16.0 Å². The predicted octanol–water partition coefficient (Wildman–Crippen LogP) is 0.803. The lowest BCUT2D eigenvalue weighted by Crippen LogP contribution is -2.61. The van der Waals surface area contributed by atoms with Crippen molar-refractivity contribution in [1.29, 1.82) is 0 Å². The van der Waals surface area contributed by atoms with E-state index in [9.17, 15) is 9.59 Å².